The maximum atomic E-state index is 5.54. The van der Waals surface area contributed by atoms with Gasteiger partial charge in [0.25, 0.3) is 0 Å². The number of aryl methyl sites for hydroxylation is 2. The van der Waals surface area contributed by atoms with Crippen molar-refractivity contribution in [1.29, 1.82) is 0 Å². The van der Waals surface area contributed by atoms with Crippen LogP contribution in [0.1, 0.15) is 11.6 Å². The lowest BCUT2D eigenvalue weighted by atomic mass is 10.6. The number of hydrogen-bond donors (Lipinski definition) is 1. The summed E-state index contributed by atoms with van der Waals surface area (Å²) in [5, 5.41) is 9.02. The molecule has 0 atom stereocenters. The smallest absolute Gasteiger partial charge is 0.191 e. The normalized spacial score (nSPS) is 11.0. The van der Waals surface area contributed by atoms with Gasteiger partial charge in [0.15, 0.2) is 5.16 Å². The molecule has 6 nitrogen and oxygen atoms in total. The molecule has 0 saturated carbocycles. The zero-order valence-corrected chi connectivity index (χ0v) is 10.8. The molecule has 2 heterocycles. The van der Waals surface area contributed by atoms with Gasteiger partial charge in [-0.3, -0.25) is 0 Å². The SMILES string of the molecule is Cc1nccn1CCSc1nnc(CN)n1C. The summed E-state index contributed by atoms with van der Waals surface area (Å²) in [4.78, 5) is 4.18. The largest absolute Gasteiger partial charge is 0.334 e. The summed E-state index contributed by atoms with van der Waals surface area (Å²) in [6.45, 7) is 3.34. The molecule has 0 saturated heterocycles. The molecular formula is C10H16N6S. The Morgan fingerprint density at radius 1 is 1.41 bits per heavy atom. The van der Waals surface area contributed by atoms with Gasteiger partial charge < -0.3 is 14.9 Å². The van der Waals surface area contributed by atoms with Gasteiger partial charge in [-0.2, -0.15) is 0 Å². The van der Waals surface area contributed by atoms with E-state index in [-0.39, 0.29) is 0 Å². The van der Waals surface area contributed by atoms with Gasteiger partial charge >= 0.3 is 0 Å². The van der Waals surface area contributed by atoms with E-state index in [2.05, 4.69) is 19.7 Å². The second-order valence-electron chi connectivity index (χ2n) is 3.68. The van der Waals surface area contributed by atoms with Crippen molar-refractivity contribution in [3.05, 3.63) is 24.0 Å². The van der Waals surface area contributed by atoms with Gasteiger partial charge in [0, 0.05) is 31.7 Å². The number of imidazole rings is 1. The van der Waals surface area contributed by atoms with Crippen LogP contribution in [-0.4, -0.2) is 30.1 Å². The molecule has 92 valence electrons. The molecule has 0 aliphatic carbocycles. The second-order valence-corrected chi connectivity index (χ2v) is 4.74. The number of thioether (sulfide) groups is 1. The number of rotatable bonds is 5. The molecule has 0 aromatic carbocycles. The molecule has 2 aromatic rings. The highest BCUT2D eigenvalue weighted by atomic mass is 32.2. The molecule has 0 radical (unpaired) electrons. The number of nitrogens with two attached hydrogens (primary N) is 1. The van der Waals surface area contributed by atoms with E-state index in [4.69, 9.17) is 5.73 Å². The van der Waals surface area contributed by atoms with Crippen LogP contribution in [0.5, 0.6) is 0 Å². The first-order valence-electron chi connectivity index (χ1n) is 5.41. The van der Waals surface area contributed by atoms with Crippen molar-refractivity contribution in [2.45, 2.75) is 25.2 Å². The monoisotopic (exact) mass is 252 g/mol. The predicted octanol–water partition coefficient (Wildman–Crippen LogP) is 0.571. The minimum atomic E-state index is 0.421. The highest BCUT2D eigenvalue weighted by Crippen LogP contribution is 2.15. The van der Waals surface area contributed by atoms with Crippen molar-refractivity contribution in [3.8, 4) is 0 Å². The van der Waals surface area contributed by atoms with Gasteiger partial charge in [-0.25, -0.2) is 4.98 Å². The Labute approximate surface area is 104 Å². The average Bonchev–Trinajstić information content (AvgIpc) is 2.87. The molecule has 0 bridgehead atoms. The maximum Gasteiger partial charge on any atom is 0.191 e. The third kappa shape index (κ3) is 2.67. The Morgan fingerprint density at radius 3 is 2.82 bits per heavy atom. The lowest BCUT2D eigenvalue weighted by Gasteiger charge is -2.04. The van der Waals surface area contributed by atoms with Crippen LogP contribution < -0.4 is 5.73 Å². The number of nitrogens with zero attached hydrogens (tertiary/aromatic N) is 5. The Bertz CT molecular complexity index is 489. The van der Waals surface area contributed by atoms with Gasteiger partial charge in [-0.15, -0.1) is 10.2 Å². The lowest BCUT2D eigenvalue weighted by Crippen LogP contribution is -2.06. The minimum absolute atomic E-state index is 0.421. The van der Waals surface area contributed by atoms with Crippen LogP contribution in [0, 0.1) is 6.92 Å². The number of aromatic nitrogens is 5. The third-order valence-corrected chi connectivity index (χ3v) is 3.60. The summed E-state index contributed by atoms with van der Waals surface area (Å²) < 4.78 is 4.05. The molecular weight excluding hydrogens is 236 g/mol. The van der Waals surface area contributed by atoms with E-state index in [1.807, 2.05) is 30.9 Å². The van der Waals surface area contributed by atoms with Crippen LogP contribution in [0.2, 0.25) is 0 Å². The Morgan fingerprint density at radius 2 is 2.24 bits per heavy atom. The average molecular weight is 252 g/mol. The van der Waals surface area contributed by atoms with Crippen molar-refractivity contribution in [1.82, 2.24) is 24.3 Å². The van der Waals surface area contributed by atoms with E-state index in [1.165, 1.54) is 0 Å². The predicted molar refractivity (Wildman–Crippen MR) is 66.6 cm³/mol. The topological polar surface area (TPSA) is 74.6 Å². The lowest BCUT2D eigenvalue weighted by molar-refractivity contribution is 0.721. The minimum Gasteiger partial charge on any atom is -0.334 e. The molecule has 0 spiro atoms. The van der Waals surface area contributed by atoms with Crippen LogP contribution in [0.3, 0.4) is 0 Å². The highest BCUT2D eigenvalue weighted by Gasteiger charge is 2.07. The zero-order valence-electron chi connectivity index (χ0n) is 10.00. The van der Waals surface area contributed by atoms with Gasteiger partial charge in [-0.05, 0) is 6.92 Å². The summed E-state index contributed by atoms with van der Waals surface area (Å²) in [6, 6.07) is 0. The van der Waals surface area contributed by atoms with Crippen LogP contribution in [-0.2, 0) is 20.1 Å². The Hall–Kier alpha value is -1.34. The molecule has 2 rings (SSSR count). The molecule has 17 heavy (non-hydrogen) atoms. The van der Waals surface area contributed by atoms with Gasteiger partial charge in [0.05, 0.1) is 6.54 Å². The summed E-state index contributed by atoms with van der Waals surface area (Å²) in [6.07, 6.45) is 3.80. The molecule has 0 unspecified atom stereocenters. The summed E-state index contributed by atoms with van der Waals surface area (Å²) >= 11 is 1.68. The highest BCUT2D eigenvalue weighted by molar-refractivity contribution is 7.99. The fraction of sp³-hybridized carbons (Fsp3) is 0.500. The first-order valence-corrected chi connectivity index (χ1v) is 6.40. The van der Waals surface area contributed by atoms with Gasteiger partial charge in [0.1, 0.15) is 11.6 Å². The van der Waals surface area contributed by atoms with E-state index in [0.29, 0.717) is 6.54 Å². The first-order chi connectivity index (χ1) is 8.22. The van der Waals surface area contributed by atoms with Crippen LogP contribution in [0.4, 0.5) is 0 Å². The number of hydrogen-bond acceptors (Lipinski definition) is 5. The van der Waals surface area contributed by atoms with Crippen LogP contribution in [0.15, 0.2) is 17.6 Å². The fourth-order valence-corrected chi connectivity index (χ4v) is 2.39. The third-order valence-electron chi connectivity index (χ3n) is 2.59. The zero-order chi connectivity index (χ0) is 12.3. The molecule has 2 N–H and O–H groups in total. The van der Waals surface area contributed by atoms with Crippen molar-refractivity contribution in [2.24, 2.45) is 12.8 Å². The van der Waals surface area contributed by atoms with E-state index in [1.54, 1.807) is 11.8 Å². The molecule has 0 amide bonds. The van der Waals surface area contributed by atoms with Crippen molar-refractivity contribution < 1.29 is 0 Å². The van der Waals surface area contributed by atoms with Crippen molar-refractivity contribution >= 4 is 11.8 Å². The molecule has 2 aromatic heterocycles. The van der Waals surface area contributed by atoms with Gasteiger partial charge in [0.2, 0.25) is 0 Å². The van der Waals surface area contributed by atoms with E-state index in [0.717, 1.165) is 29.1 Å². The van der Waals surface area contributed by atoms with Crippen molar-refractivity contribution in [3.63, 3.8) is 0 Å². The molecule has 0 aliphatic heterocycles. The van der Waals surface area contributed by atoms with E-state index >= 15 is 0 Å². The summed E-state index contributed by atoms with van der Waals surface area (Å²) in [5.74, 6) is 2.78. The summed E-state index contributed by atoms with van der Waals surface area (Å²) in [5.41, 5.74) is 5.54. The van der Waals surface area contributed by atoms with Crippen LogP contribution >= 0.6 is 11.8 Å². The summed E-state index contributed by atoms with van der Waals surface area (Å²) in [7, 11) is 1.94. The molecule has 0 aliphatic rings. The quantitative estimate of drug-likeness (QED) is 0.787. The molecule has 0 fully saturated rings. The Kier molecular flexibility index (Phi) is 3.80. The standard InChI is InChI=1S/C10H16N6S/c1-8-12-3-4-16(8)5-6-17-10-14-13-9(7-11)15(10)2/h3-4H,5-7,11H2,1-2H3. The second kappa shape index (κ2) is 5.33. The van der Waals surface area contributed by atoms with E-state index < -0.39 is 0 Å². The Balaban J connectivity index is 1.90. The van der Waals surface area contributed by atoms with Gasteiger partial charge in [-0.1, -0.05) is 11.8 Å². The van der Waals surface area contributed by atoms with Crippen LogP contribution in [0.25, 0.3) is 0 Å². The van der Waals surface area contributed by atoms with Crippen molar-refractivity contribution in [2.75, 3.05) is 5.75 Å². The molecule has 7 heteroatoms. The maximum absolute atomic E-state index is 5.54. The fourth-order valence-electron chi connectivity index (χ4n) is 1.52. The first kappa shape index (κ1) is 12.1. The van der Waals surface area contributed by atoms with E-state index in [9.17, 15) is 0 Å².